The van der Waals surface area contributed by atoms with Crippen LogP contribution >= 0.6 is 0 Å². The molecule has 0 aliphatic rings. The molecule has 0 aromatic heterocycles. The van der Waals surface area contributed by atoms with Gasteiger partial charge in [-0.1, -0.05) is 54.6 Å². The molecular weight excluding hydrogens is 452 g/mol. The molecule has 1 amide bonds. The number of nitrogens with one attached hydrogen (secondary N) is 1. The van der Waals surface area contributed by atoms with Crippen LogP contribution in [0, 0.1) is 6.92 Å². The number of hydrogen-bond donors (Lipinski definition) is 1. The standard InChI is InChI=1S/C26H30N2O5S/c1-20-13-14-24(33-3)25(17-20)34(30,31)28(16-15-21-9-5-4-6-10-21)19-26(29)27-18-22-11-7-8-12-23(22)32-2/h4-14,17H,15-16,18-19H2,1-3H3,(H,27,29). The van der Waals surface area contributed by atoms with Gasteiger partial charge in [-0.05, 0) is 42.7 Å². The molecule has 3 aromatic carbocycles. The minimum atomic E-state index is -4.00. The highest BCUT2D eigenvalue weighted by Crippen LogP contribution is 2.28. The Balaban J connectivity index is 1.83. The van der Waals surface area contributed by atoms with Crippen LogP contribution in [-0.2, 0) is 27.8 Å². The molecule has 180 valence electrons. The fourth-order valence-electron chi connectivity index (χ4n) is 3.57. The monoisotopic (exact) mass is 482 g/mol. The SMILES string of the molecule is COc1ccccc1CNC(=O)CN(CCc1ccccc1)S(=O)(=O)c1cc(C)ccc1OC. The van der Waals surface area contributed by atoms with Gasteiger partial charge in [-0.15, -0.1) is 0 Å². The third kappa shape index (κ3) is 6.36. The fourth-order valence-corrected chi connectivity index (χ4v) is 5.20. The maximum Gasteiger partial charge on any atom is 0.247 e. The lowest BCUT2D eigenvalue weighted by molar-refractivity contribution is -0.121. The summed E-state index contributed by atoms with van der Waals surface area (Å²) in [5.41, 5.74) is 2.56. The number of ether oxygens (including phenoxy) is 2. The Morgan fingerprint density at radius 2 is 1.59 bits per heavy atom. The average molecular weight is 483 g/mol. The van der Waals surface area contributed by atoms with Crippen molar-refractivity contribution in [3.8, 4) is 11.5 Å². The molecule has 0 saturated carbocycles. The molecule has 0 atom stereocenters. The third-order valence-corrected chi connectivity index (χ3v) is 7.28. The molecule has 1 N–H and O–H groups in total. The lowest BCUT2D eigenvalue weighted by atomic mass is 10.1. The number of rotatable bonds is 11. The van der Waals surface area contributed by atoms with E-state index >= 15 is 0 Å². The van der Waals surface area contributed by atoms with Gasteiger partial charge in [0.25, 0.3) is 0 Å². The van der Waals surface area contributed by atoms with Crippen molar-refractivity contribution in [2.75, 3.05) is 27.3 Å². The van der Waals surface area contributed by atoms with Crippen molar-refractivity contribution in [3.63, 3.8) is 0 Å². The van der Waals surface area contributed by atoms with E-state index in [0.717, 1.165) is 16.7 Å². The first-order valence-electron chi connectivity index (χ1n) is 10.9. The maximum absolute atomic E-state index is 13.6. The van der Waals surface area contributed by atoms with Crippen molar-refractivity contribution in [3.05, 3.63) is 89.5 Å². The molecule has 8 heteroatoms. The van der Waals surface area contributed by atoms with E-state index in [4.69, 9.17) is 9.47 Å². The summed E-state index contributed by atoms with van der Waals surface area (Å²) in [5, 5.41) is 2.81. The number of carbonyl (C=O) groups is 1. The number of methoxy groups -OCH3 is 2. The first-order chi connectivity index (χ1) is 16.3. The average Bonchev–Trinajstić information content (AvgIpc) is 2.85. The van der Waals surface area contributed by atoms with Crippen LogP contribution in [0.1, 0.15) is 16.7 Å². The number of hydrogen-bond acceptors (Lipinski definition) is 5. The van der Waals surface area contributed by atoms with Gasteiger partial charge in [0.2, 0.25) is 15.9 Å². The Kier molecular flexibility index (Phi) is 8.67. The summed E-state index contributed by atoms with van der Waals surface area (Å²) in [6.07, 6.45) is 0.466. The predicted molar refractivity (Wildman–Crippen MR) is 131 cm³/mol. The first-order valence-corrected chi connectivity index (χ1v) is 12.4. The molecular formula is C26H30N2O5S. The minimum absolute atomic E-state index is 0.0422. The van der Waals surface area contributed by atoms with E-state index in [2.05, 4.69) is 5.32 Å². The van der Waals surface area contributed by atoms with Crippen molar-refractivity contribution >= 4 is 15.9 Å². The van der Waals surface area contributed by atoms with Gasteiger partial charge in [-0.25, -0.2) is 8.42 Å². The van der Waals surface area contributed by atoms with E-state index in [1.165, 1.54) is 11.4 Å². The topological polar surface area (TPSA) is 84.9 Å². The summed E-state index contributed by atoms with van der Waals surface area (Å²) in [5.74, 6) is 0.486. The second-order valence-electron chi connectivity index (χ2n) is 7.82. The normalized spacial score (nSPS) is 11.3. The number of carbonyl (C=O) groups excluding carboxylic acids is 1. The van der Waals surface area contributed by atoms with Gasteiger partial charge >= 0.3 is 0 Å². The first kappa shape index (κ1) is 25.3. The smallest absolute Gasteiger partial charge is 0.247 e. The van der Waals surface area contributed by atoms with Gasteiger partial charge in [0.1, 0.15) is 16.4 Å². The zero-order chi connectivity index (χ0) is 24.6. The van der Waals surface area contributed by atoms with Crippen LogP contribution < -0.4 is 14.8 Å². The van der Waals surface area contributed by atoms with Crippen molar-refractivity contribution < 1.29 is 22.7 Å². The minimum Gasteiger partial charge on any atom is -0.496 e. The fraction of sp³-hybridized carbons (Fsp3) is 0.269. The molecule has 0 unspecified atom stereocenters. The molecule has 7 nitrogen and oxygen atoms in total. The molecule has 0 spiro atoms. The highest BCUT2D eigenvalue weighted by Gasteiger charge is 2.29. The van der Waals surface area contributed by atoms with Crippen LogP contribution in [0.25, 0.3) is 0 Å². The highest BCUT2D eigenvalue weighted by atomic mass is 32.2. The summed E-state index contributed by atoms with van der Waals surface area (Å²) in [6.45, 7) is 1.86. The third-order valence-electron chi connectivity index (χ3n) is 5.42. The van der Waals surface area contributed by atoms with Crippen LogP contribution in [-0.4, -0.2) is 45.9 Å². The zero-order valence-corrected chi connectivity index (χ0v) is 20.5. The van der Waals surface area contributed by atoms with Crippen molar-refractivity contribution in [2.45, 2.75) is 24.8 Å². The quantitative estimate of drug-likeness (QED) is 0.452. The number of aryl methyl sites for hydroxylation is 1. The van der Waals surface area contributed by atoms with Gasteiger partial charge in [-0.3, -0.25) is 4.79 Å². The number of sulfonamides is 1. The van der Waals surface area contributed by atoms with E-state index in [0.29, 0.717) is 12.2 Å². The summed E-state index contributed by atoms with van der Waals surface area (Å²) >= 11 is 0. The van der Waals surface area contributed by atoms with Crippen molar-refractivity contribution in [2.24, 2.45) is 0 Å². The molecule has 3 aromatic rings. The summed E-state index contributed by atoms with van der Waals surface area (Å²) in [6, 6.07) is 21.9. The van der Waals surface area contributed by atoms with Crippen LogP contribution in [0.2, 0.25) is 0 Å². The second-order valence-corrected chi connectivity index (χ2v) is 9.72. The Morgan fingerprint density at radius 3 is 2.29 bits per heavy atom. The Bertz CT molecular complexity index is 1210. The summed E-state index contributed by atoms with van der Waals surface area (Å²) in [4.78, 5) is 12.9. The molecule has 0 bridgehead atoms. The van der Waals surface area contributed by atoms with Gasteiger partial charge in [0.15, 0.2) is 0 Å². The van der Waals surface area contributed by atoms with E-state index in [9.17, 15) is 13.2 Å². The Morgan fingerprint density at radius 1 is 0.912 bits per heavy atom. The lowest BCUT2D eigenvalue weighted by Crippen LogP contribution is -2.41. The van der Waals surface area contributed by atoms with E-state index in [-0.39, 0.29) is 30.3 Å². The molecule has 0 fully saturated rings. The van der Waals surface area contributed by atoms with Crippen LogP contribution in [0.15, 0.2) is 77.7 Å². The molecule has 0 heterocycles. The van der Waals surface area contributed by atoms with E-state index < -0.39 is 15.9 Å². The Labute approximate surface area is 201 Å². The number of benzene rings is 3. The van der Waals surface area contributed by atoms with Crippen LogP contribution in [0.4, 0.5) is 0 Å². The Hall–Kier alpha value is -3.36. The number of amides is 1. The number of para-hydroxylation sites is 1. The van der Waals surface area contributed by atoms with Crippen LogP contribution in [0.5, 0.6) is 11.5 Å². The zero-order valence-electron chi connectivity index (χ0n) is 19.7. The molecule has 0 aliphatic carbocycles. The molecule has 0 saturated heterocycles. The predicted octanol–water partition coefficient (Wildman–Crippen LogP) is 3.56. The number of nitrogens with zero attached hydrogens (tertiary/aromatic N) is 1. The molecule has 0 aliphatic heterocycles. The van der Waals surface area contributed by atoms with Gasteiger partial charge < -0.3 is 14.8 Å². The van der Waals surface area contributed by atoms with Crippen molar-refractivity contribution in [1.82, 2.24) is 9.62 Å². The maximum atomic E-state index is 13.6. The van der Waals surface area contributed by atoms with Gasteiger partial charge in [-0.2, -0.15) is 4.31 Å². The van der Waals surface area contributed by atoms with E-state index in [1.807, 2.05) is 61.5 Å². The van der Waals surface area contributed by atoms with E-state index in [1.54, 1.807) is 25.3 Å². The lowest BCUT2D eigenvalue weighted by Gasteiger charge is -2.23. The van der Waals surface area contributed by atoms with Crippen LogP contribution in [0.3, 0.4) is 0 Å². The highest BCUT2D eigenvalue weighted by molar-refractivity contribution is 7.89. The second kappa shape index (κ2) is 11.7. The molecule has 34 heavy (non-hydrogen) atoms. The van der Waals surface area contributed by atoms with Gasteiger partial charge in [0.05, 0.1) is 20.8 Å². The largest absolute Gasteiger partial charge is 0.496 e. The van der Waals surface area contributed by atoms with Crippen molar-refractivity contribution in [1.29, 1.82) is 0 Å². The summed E-state index contributed by atoms with van der Waals surface area (Å²) in [7, 11) is -1.01. The summed E-state index contributed by atoms with van der Waals surface area (Å²) < 4.78 is 39.1. The molecule has 0 radical (unpaired) electrons. The van der Waals surface area contributed by atoms with Gasteiger partial charge in [0, 0.05) is 18.7 Å². The molecule has 3 rings (SSSR count).